The van der Waals surface area contributed by atoms with Crippen LogP contribution in [0.5, 0.6) is 5.75 Å². The summed E-state index contributed by atoms with van der Waals surface area (Å²) >= 11 is -0.160. The number of phenols is 1. The van der Waals surface area contributed by atoms with Gasteiger partial charge in [-0.1, -0.05) is 65.7 Å². The fourth-order valence-electron chi connectivity index (χ4n) is 8.00. The van der Waals surface area contributed by atoms with Crippen LogP contribution in [0.4, 0.5) is 17.1 Å². The van der Waals surface area contributed by atoms with Crippen LogP contribution in [0.3, 0.4) is 0 Å². The van der Waals surface area contributed by atoms with Crippen LogP contribution in [0.25, 0.3) is 5.57 Å². The van der Waals surface area contributed by atoms with Crippen LogP contribution in [-0.4, -0.2) is 28.5 Å². The SMILES string of the molecule is Cc1cc(C)c(N2[CH-]N(c3c(C)cc(C)cc3C)CC2)c(C)c1.Cc1ccccc1N=Cc1ccccc1O.[Cl][Ru]=[C]1C=C(c2ccccc2)C2C=CC=CC12. The van der Waals surface area contributed by atoms with Crippen molar-refractivity contribution in [2.45, 2.75) is 48.5 Å². The summed E-state index contributed by atoms with van der Waals surface area (Å²) < 4.78 is 1.42. The van der Waals surface area contributed by atoms with Crippen molar-refractivity contribution in [2.75, 3.05) is 22.9 Å². The van der Waals surface area contributed by atoms with Gasteiger partial charge in [-0.05, 0) is 94.5 Å². The number of hydrogen-bond donors (Lipinski definition) is 1. The molecule has 0 spiro atoms. The molecule has 289 valence electrons. The Labute approximate surface area is 345 Å². The molecule has 4 nitrogen and oxygen atoms in total. The molecule has 8 rings (SSSR count). The molecule has 0 amide bonds. The molecular formula is C50H52ClN3ORu-. The normalized spacial score (nSPS) is 17.9. The summed E-state index contributed by atoms with van der Waals surface area (Å²) in [6.07, 6.45) is 12.8. The van der Waals surface area contributed by atoms with Gasteiger partial charge in [0, 0.05) is 36.2 Å². The molecule has 0 bridgehead atoms. The second-order valence-corrected chi connectivity index (χ2v) is 16.9. The van der Waals surface area contributed by atoms with Crippen molar-refractivity contribution in [1.82, 2.24) is 0 Å². The number of benzene rings is 5. The molecule has 6 heteroatoms. The van der Waals surface area contributed by atoms with E-state index in [4.69, 9.17) is 9.69 Å². The Bertz CT molecular complexity index is 2170. The fraction of sp³-hybridized carbons (Fsp3) is 0.220. The van der Waals surface area contributed by atoms with Crippen LogP contribution in [0.2, 0.25) is 0 Å². The maximum atomic E-state index is 9.57. The number of para-hydroxylation sites is 2. The Morgan fingerprint density at radius 3 is 1.73 bits per heavy atom. The van der Waals surface area contributed by atoms with Crippen LogP contribution in [0.15, 0.2) is 139 Å². The topological polar surface area (TPSA) is 39.1 Å². The van der Waals surface area contributed by atoms with E-state index in [1.54, 1.807) is 18.3 Å². The van der Waals surface area contributed by atoms with E-state index in [1.165, 1.54) is 60.0 Å². The standard InChI is InChI=1S/C21H27N2.C15H12.C14H13NO.ClH.Ru/c1-14-9-16(3)20(17(4)10-14)22-7-8-23(13-22)21-18(5)11-15(2)12-19(21)6;1-2-6-12(7-3-1)15-11-10-13-8-4-5-9-14(13)15;1-11-6-2-4-8-13(11)15-10-12-7-3-5-9-14(12)16;;/h9-13H,7-8H2,1-6H3;1-9,11,13-14H;2-10,16H,1H3;1H;/q-1;;;;+1/p-1. The number of aromatic hydroxyl groups is 1. The second kappa shape index (κ2) is 18.9. The first kappa shape index (κ1) is 40.8. The Kier molecular flexibility index (Phi) is 13.8. The van der Waals surface area contributed by atoms with Crippen LogP contribution < -0.4 is 9.80 Å². The van der Waals surface area contributed by atoms with Gasteiger partial charge >= 0.3 is 113 Å². The zero-order valence-electron chi connectivity index (χ0n) is 33.4. The summed E-state index contributed by atoms with van der Waals surface area (Å²) in [5.41, 5.74) is 16.3. The third-order valence-electron chi connectivity index (χ3n) is 10.4. The fourth-order valence-corrected chi connectivity index (χ4v) is 9.82. The van der Waals surface area contributed by atoms with Crippen molar-refractivity contribution in [1.29, 1.82) is 0 Å². The summed E-state index contributed by atoms with van der Waals surface area (Å²) in [7, 11) is 6.13. The van der Waals surface area contributed by atoms with Crippen molar-refractivity contribution in [3.05, 3.63) is 190 Å². The quantitative estimate of drug-likeness (QED) is 0.109. The maximum absolute atomic E-state index is 9.57. The van der Waals surface area contributed by atoms with Crippen molar-refractivity contribution >= 4 is 42.6 Å². The van der Waals surface area contributed by atoms with Gasteiger partial charge in [-0.3, -0.25) is 4.99 Å². The zero-order chi connectivity index (χ0) is 39.8. The van der Waals surface area contributed by atoms with Gasteiger partial charge in [-0.25, -0.2) is 0 Å². The zero-order valence-corrected chi connectivity index (χ0v) is 35.9. The van der Waals surface area contributed by atoms with Crippen molar-refractivity contribution in [3.63, 3.8) is 0 Å². The van der Waals surface area contributed by atoms with E-state index in [2.05, 4.69) is 148 Å². The molecule has 1 aliphatic heterocycles. The van der Waals surface area contributed by atoms with Gasteiger partial charge in [0.2, 0.25) is 0 Å². The van der Waals surface area contributed by atoms with E-state index in [1.807, 2.05) is 43.3 Å². The molecule has 0 radical (unpaired) electrons. The van der Waals surface area contributed by atoms with E-state index in [-0.39, 0.29) is 21.4 Å². The minimum atomic E-state index is -0.160. The molecule has 1 saturated heterocycles. The minimum absolute atomic E-state index is 0.160. The van der Waals surface area contributed by atoms with Gasteiger partial charge in [0.15, 0.2) is 0 Å². The van der Waals surface area contributed by atoms with Gasteiger partial charge in [0.25, 0.3) is 0 Å². The van der Waals surface area contributed by atoms with E-state index in [9.17, 15) is 5.11 Å². The molecule has 2 atom stereocenters. The van der Waals surface area contributed by atoms with E-state index >= 15 is 0 Å². The molecular weight excluding hydrogens is 795 g/mol. The Balaban J connectivity index is 0.000000146. The Morgan fingerprint density at radius 1 is 0.661 bits per heavy atom. The molecule has 5 aromatic rings. The third kappa shape index (κ3) is 9.75. The molecule has 56 heavy (non-hydrogen) atoms. The average molecular weight is 848 g/mol. The molecule has 1 N–H and O–H groups in total. The summed E-state index contributed by atoms with van der Waals surface area (Å²) in [4.78, 5) is 9.16. The molecule has 2 unspecified atom stereocenters. The first-order chi connectivity index (χ1) is 27.0. The van der Waals surface area contributed by atoms with Gasteiger partial charge in [0.1, 0.15) is 5.75 Å². The summed E-state index contributed by atoms with van der Waals surface area (Å²) in [6, 6.07) is 34.8. The number of aliphatic imine (C=N–C) groups is 1. The number of allylic oxidation sites excluding steroid dienone is 6. The van der Waals surface area contributed by atoms with Crippen LogP contribution in [-0.2, 0) is 15.7 Å². The number of halogens is 1. The summed E-state index contributed by atoms with van der Waals surface area (Å²) in [5, 5.41) is 9.57. The van der Waals surface area contributed by atoms with E-state index in [0.29, 0.717) is 11.8 Å². The van der Waals surface area contributed by atoms with Crippen molar-refractivity contribution < 1.29 is 20.8 Å². The van der Waals surface area contributed by atoms with Crippen molar-refractivity contribution in [3.8, 4) is 5.75 Å². The molecule has 1 heterocycles. The molecule has 0 saturated carbocycles. The van der Waals surface area contributed by atoms with Crippen molar-refractivity contribution in [2.24, 2.45) is 16.8 Å². The Hall–Kier alpha value is -4.83. The number of aryl methyl sites for hydroxylation is 7. The number of rotatable bonds is 5. The average Bonchev–Trinajstić information content (AvgIpc) is 3.80. The van der Waals surface area contributed by atoms with E-state index < -0.39 is 0 Å². The molecule has 1 fully saturated rings. The predicted molar refractivity (Wildman–Crippen MR) is 237 cm³/mol. The molecule has 3 aliphatic rings. The number of phenolic OH excluding ortho intramolecular Hbond substituents is 1. The summed E-state index contributed by atoms with van der Waals surface area (Å²) in [6.45, 7) is 19.6. The number of hydrogen-bond acceptors (Lipinski definition) is 4. The number of anilines is 2. The molecule has 2 aliphatic carbocycles. The van der Waals surface area contributed by atoms with Gasteiger partial charge in [0.05, 0.1) is 5.69 Å². The Morgan fingerprint density at radius 2 is 1.18 bits per heavy atom. The number of fused-ring (bicyclic) bond motifs is 1. The second-order valence-electron chi connectivity index (χ2n) is 14.8. The van der Waals surface area contributed by atoms with Gasteiger partial charge in [-0.2, -0.15) is 6.67 Å². The first-order valence-corrected chi connectivity index (χ1v) is 22.3. The third-order valence-corrected chi connectivity index (χ3v) is 12.5. The van der Waals surface area contributed by atoms with Crippen LogP contribution in [0.1, 0.15) is 50.1 Å². The number of nitrogens with zero attached hydrogens (tertiary/aromatic N) is 3. The van der Waals surface area contributed by atoms with Gasteiger partial charge in [-0.15, -0.1) is 0 Å². The first-order valence-electron chi connectivity index (χ1n) is 19.2. The van der Waals surface area contributed by atoms with Crippen LogP contribution in [0, 0.1) is 67.0 Å². The van der Waals surface area contributed by atoms with E-state index in [0.717, 1.165) is 29.9 Å². The monoisotopic (exact) mass is 847 g/mol. The molecule has 0 aromatic heterocycles. The van der Waals surface area contributed by atoms with Gasteiger partial charge < -0.3 is 14.9 Å². The van der Waals surface area contributed by atoms with Crippen LogP contribution >= 0.6 is 9.69 Å². The predicted octanol–water partition coefficient (Wildman–Crippen LogP) is 12.3. The summed E-state index contributed by atoms with van der Waals surface area (Å²) in [5.74, 6) is 1.25. The molecule has 5 aromatic carbocycles.